The number of fused-ring (bicyclic) bond motifs is 1. The molecule has 1 fully saturated rings. The molecular weight excluding hydrogens is 414 g/mol. The largest absolute Gasteiger partial charge is 0.348 e. The lowest BCUT2D eigenvalue weighted by molar-refractivity contribution is -0.135. The average molecular weight is 440 g/mol. The Bertz CT molecular complexity index is 1040. The highest BCUT2D eigenvalue weighted by molar-refractivity contribution is 6.30. The van der Waals surface area contributed by atoms with Crippen molar-refractivity contribution in [3.63, 3.8) is 0 Å². The first kappa shape index (κ1) is 21.4. The summed E-state index contributed by atoms with van der Waals surface area (Å²) in [5.74, 6) is -0.842. The molecule has 0 saturated carbocycles. The maximum Gasteiger partial charge on any atom is 0.325 e. The van der Waals surface area contributed by atoms with Gasteiger partial charge in [0.05, 0.1) is 6.04 Å². The smallest absolute Gasteiger partial charge is 0.325 e. The minimum absolute atomic E-state index is 0.219. The first-order valence-corrected chi connectivity index (χ1v) is 11.0. The molecule has 1 heterocycles. The van der Waals surface area contributed by atoms with E-state index in [4.69, 9.17) is 11.6 Å². The molecule has 31 heavy (non-hydrogen) atoms. The second-order valence-electron chi connectivity index (χ2n) is 8.48. The van der Waals surface area contributed by atoms with Crippen LogP contribution in [0.3, 0.4) is 0 Å². The zero-order chi connectivity index (χ0) is 22.2. The van der Waals surface area contributed by atoms with Crippen LogP contribution in [0.2, 0.25) is 5.02 Å². The zero-order valence-electron chi connectivity index (χ0n) is 17.7. The maximum atomic E-state index is 13.0. The second kappa shape index (κ2) is 8.35. The van der Waals surface area contributed by atoms with Gasteiger partial charge in [0, 0.05) is 5.02 Å². The van der Waals surface area contributed by atoms with Gasteiger partial charge in [0.25, 0.3) is 5.91 Å². The van der Waals surface area contributed by atoms with Crippen LogP contribution < -0.4 is 10.6 Å². The van der Waals surface area contributed by atoms with Crippen LogP contribution in [0, 0.1) is 0 Å². The van der Waals surface area contributed by atoms with E-state index in [2.05, 4.69) is 22.8 Å². The first-order chi connectivity index (χ1) is 14.8. The number of nitrogens with zero attached hydrogens (tertiary/aromatic N) is 1. The van der Waals surface area contributed by atoms with Gasteiger partial charge in [-0.3, -0.25) is 14.5 Å². The predicted molar refractivity (Wildman–Crippen MR) is 119 cm³/mol. The quantitative estimate of drug-likeness (QED) is 0.694. The van der Waals surface area contributed by atoms with Crippen molar-refractivity contribution in [2.24, 2.45) is 0 Å². The summed E-state index contributed by atoms with van der Waals surface area (Å²) in [6.07, 6.45) is 4.58. The third-order valence-electron chi connectivity index (χ3n) is 6.25. The fourth-order valence-electron chi connectivity index (χ4n) is 4.36. The normalized spacial score (nSPS) is 21.5. The number of amides is 4. The number of benzene rings is 2. The lowest BCUT2D eigenvalue weighted by Gasteiger charge is -2.23. The van der Waals surface area contributed by atoms with Crippen molar-refractivity contribution in [1.82, 2.24) is 15.5 Å². The molecule has 162 valence electrons. The van der Waals surface area contributed by atoms with Gasteiger partial charge in [-0.25, -0.2) is 4.79 Å². The molecule has 2 atom stereocenters. The number of urea groups is 1. The SMILES string of the molecule is C[C@H](NC(=O)CN1C(=O)N[C@@](C)(c2ccc(Cl)cc2)C1=O)c1ccc2c(c1)CCCC2. The van der Waals surface area contributed by atoms with Gasteiger partial charge in [0.15, 0.2) is 0 Å². The van der Waals surface area contributed by atoms with Crippen LogP contribution in [0.1, 0.15) is 55.0 Å². The Kier molecular flexibility index (Phi) is 5.75. The van der Waals surface area contributed by atoms with Gasteiger partial charge in [-0.1, -0.05) is 41.9 Å². The Labute approximate surface area is 187 Å². The van der Waals surface area contributed by atoms with Gasteiger partial charge >= 0.3 is 6.03 Å². The molecule has 2 N–H and O–H groups in total. The van der Waals surface area contributed by atoms with Crippen molar-refractivity contribution < 1.29 is 14.4 Å². The van der Waals surface area contributed by atoms with Crippen molar-refractivity contribution >= 4 is 29.4 Å². The molecule has 0 unspecified atom stereocenters. The lowest BCUT2D eigenvalue weighted by Crippen LogP contribution is -2.43. The predicted octanol–water partition coefficient (Wildman–Crippen LogP) is 3.86. The molecule has 2 aromatic carbocycles. The van der Waals surface area contributed by atoms with Gasteiger partial charge in [-0.2, -0.15) is 0 Å². The Hall–Kier alpha value is -2.86. The molecule has 0 spiro atoms. The highest BCUT2D eigenvalue weighted by Gasteiger charge is 2.49. The summed E-state index contributed by atoms with van der Waals surface area (Å²) < 4.78 is 0. The van der Waals surface area contributed by atoms with Gasteiger partial charge in [-0.15, -0.1) is 0 Å². The minimum Gasteiger partial charge on any atom is -0.348 e. The molecule has 0 radical (unpaired) electrons. The average Bonchev–Trinajstić information content (AvgIpc) is 2.97. The Morgan fingerprint density at radius 2 is 1.81 bits per heavy atom. The molecule has 4 rings (SSSR count). The van der Waals surface area contributed by atoms with E-state index < -0.39 is 17.5 Å². The second-order valence-corrected chi connectivity index (χ2v) is 8.91. The number of imide groups is 1. The third kappa shape index (κ3) is 4.17. The topological polar surface area (TPSA) is 78.5 Å². The molecule has 0 aromatic heterocycles. The third-order valence-corrected chi connectivity index (χ3v) is 6.50. The van der Waals surface area contributed by atoms with Gasteiger partial charge in [-0.05, 0) is 73.9 Å². The molecule has 0 bridgehead atoms. The van der Waals surface area contributed by atoms with E-state index >= 15 is 0 Å². The molecule has 7 heteroatoms. The van der Waals surface area contributed by atoms with Gasteiger partial charge in [0.2, 0.25) is 5.91 Å². The van der Waals surface area contributed by atoms with Crippen LogP contribution >= 0.6 is 11.6 Å². The molecule has 2 aliphatic rings. The van der Waals surface area contributed by atoms with Crippen LogP contribution in [0.5, 0.6) is 0 Å². The molecule has 1 saturated heterocycles. The Morgan fingerprint density at radius 1 is 1.13 bits per heavy atom. The summed E-state index contributed by atoms with van der Waals surface area (Å²) in [6, 6.07) is 12.3. The number of hydrogen-bond acceptors (Lipinski definition) is 3. The van der Waals surface area contributed by atoms with Crippen molar-refractivity contribution in [2.45, 2.75) is 51.1 Å². The lowest BCUT2D eigenvalue weighted by atomic mass is 9.89. The zero-order valence-corrected chi connectivity index (χ0v) is 18.5. The summed E-state index contributed by atoms with van der Waals surface area (Å²) >= 11 is 5.93. The van der Waals surface area contributed by atoms with E-state index in [1.807, 2.05) is 13.0 Å². The summed E-state index contributed by atoms with van der Waals surface area (Å²) in [5, 5.41) is 6.16. The summed E-state index contributed by atoms with van der Waals surface area (Å²) in [4.78, 5) is 39.1. The first-order valence-electron chi connectivity index (χ1n) is 10.6. The molecular formula is C24H26ClN3O3. The van der Waals surface area contributed by atoms with E-state index in [0.717, 1.165) is 23.3 Å². The maximum absolute atomic E-state index is 13.0. The number of carbonyl (C=O) groups excluding carboxylic acids is 3. The highest BCUT2D eigenvalue weighted by Crippen LogP contribution is 2.30. The van der Waals surface area contributed by atoms with E-state index in [0.29, 0.717) is 10.6 Å². The fourth-order valence-corrected chi connectivity index (χ4v) is 4.48. The van der Waals surface area contributed by atoms with Crippen LogP contribution in [0.15, 0.2) is 42.5 Å². The fraction of sp³-hybridized carbons (Fsp3) is 0.375. The van der Waals surface area contributed by atoms with E-state index in [1.54, 1.807) is 31.2 Å². The standard InChI is InChI=1S/C24H26ClN3O3/c1-15(17-8-7-16-5-3-4-6-18(16)13-17)26-21(29)14-28-22(30)24(2,27-23(28)31)19-9-11-20(25)12-10-19/h7-13,15H,3-6,14H2,1-2H3,(H,26,29)(H,27,31)/t15-,24-/m0/s1. The molecule has 6 nitrogen and oxygen atoms in total. The van der Waals surface area contributed by atoms with Crippen LogP contribution in [0.4, 0.5) is 4.79 Å². The number of rotatable bonds is 5. The molecule has 2 aromatic rings. The summed E-state index contributed by atoms with van der Waals surface area (Å²) in [5.41, 5.74) is 3.14. The highest BCUT2D eigenvalue weighted by atomic mass is 35.5. The number of aryl methyl sites for hydroxylation is 2. The van der Waals surface area contributed by atoms with Crippen LogP contribution in [-0.2, 0) is 28.0 Å². The van der Waals surface area contributed by atoms with Crippen molar-refractivity contribution in [2.75, 3.05) is 6.54 Å². The summed E-state index contributed by atoms with van der Waals surface area (Å²) in [7, 11) is 0. The van der Waals surface area contributed by atoms with E-state index in [1.165, 1.54) is 24.0 Å². The number of nitrogens with one attached hydrogen (secondary N) is 2. The summed E-state index contributed by atoms with van der Waals surface area (Å²) in [6.45, 7) is 3.21. The Morgan fingerprint density at radius 3 is 2.52 bits per heavy atom. The number of hydrogen-bond donors (Lipinski definition) is 2. The van der Waals surface area contributed by atoms with Crippen LogP contribution in [-0.4, -0.2) is 29.3 Å². The number of halogens is 1. The Balaban J connectivity index is 1.43. The number of carbonyl (C=O) groups is 3. The van der Waals surface area contributed by atoms with Crippen molar-refractivity contribution in [3.05, 3.63) is 69.7 Å². The van der Waals surface area contributed by atoms with Crippen molar-refractivity contribution in [1.29, 1.82) is 0 Å². The van der Waals surface area contributed by atoms with Gasteiger partial charge in [0.1, 0.15) is 12.1 Å². The van der Waals surface area contributed by atoms with Crippen molar-refractivity contribution in [3.8, 4) is 0 Å². The molecule has 1 aliphatic heterocycles. The monoisotopic (exact) mass is 439 g/mol. The minimum atomic E-state index is -1.23. The van der Waals surface area contributed by atoms with E-state index in [-0.39, 0.29) is 18.5 Å². The molecule has 4 amide bonds. The van der Waals surface area contributed by atoms with E-state index in [9.17, 15) is 14.4 Å². The van der Waals surface area contributed by atoms with Gasteiger partial charge < -0.3 is 10.6 Å². The molecule has 1 aliphatic carbocycles. The van der Waals surface area contributed by atoms with Crippen LogP contribution in [0.25, 0.3) is 0 Å².